The van der Waals surface area contributed by atoms with Crippen molar-refractivity contribution in [1.82, 2.24) is 0 Å². The van der Waals surface area contributed by atoms with E-state index >= 15 is 0 Å². The van der Waals surface area contributed by atoms with E-state index < -0.39 is 6.04 Å². The predicted octanol–water partition coefficient (Wildman–Crippen LogP) is 2.90. The van der Waals surface area contributed by atoms with Crippen molar-refractivity contribution in [3.05, 3.63) is 21.1 Å². The molecule has 1 aromatic carbocycles. The Labute approximate surface area is 117 Å². The number of methoxy groups -OCH3 is 1. The van der Waals surface area contributed by atoms with Gasteiger partial charge >= 0.3 is 0 Å². The molecule has 1 atom stereocenters. The van der Waals surface area contributed by atoms with Crippen molar-refractivity contribution in [2.24, 2.45) is 5.73 Å². The van der Waals surface area contributed by atoms with Gasteiger partial charge in [-0.1, -0.05) is 6.92 Å². The summed E-state index contributed by atoms with van der Waals surface area (Å²) in [6.07, 6.45) is 0.594. The van der Waals surface area contributed by atoms with Gasteiger partial charge in [0, 0.05) is 10.5 Å². The number of nitrogens with two attached hydrogens (primary N) is 1. The third kappa shape index (κ3) is 3.69. The largest absolute Gasteiger partial charge is 0.495 e. The molecule has 0 aliphatic carbocycles. The molecule has 1 amide bonds. The van der Waals surface area contributed by atoms with Crippen molar-refractivity contribution in [2.45, 2.75) is 19.4 Å². The minimum absolute atomic E-state index is 0.211. The van der Waals surface area contributed by atoms with Gasteiger partial charge in [-0.05, 0) is 44.3 Å². The Morgan fingerprint density at radius 2 is 2.12 bits per heavy atom. The van der Waals surface area contributed by atoms with E-state index in [1.165, 1.54) is 0 Å². The van der Waals surface area contributed by atoms with Crippen LogP contribution < -0.4 is 15.8 Å². The lowest BCUT2D eigenvalue weighted by Gasteiger charge is -2.13. The monoisotopic (exact) mass is 364 g/mol. The number of carbonyl (C=O) groups is 1. The fraction of sp³-hybridized carbons (Fsp3) is 0.364. The SMILES string of the molecule is CCC(N)C(=O)Nc1cc(OC)c(Br)cc1Br. The molecule has 94 valence electrons. The molecule has 0 bridgehead atoms. The van der Waals surface area contributed by atoms with Crippen molar-refractivity contribution in [1.29, 1.82) is 0 Å². The van der Waals surface area contributed by atoms with Gasteiger partial charge in [-0.15, -0.1) is 0 Å². The molecule has 17 heavy (non-hydrogen) atoms. The first-order chi connectivity index (χ1) is 7.99. The molecule has 0 spiro atoms. The second-order valence-electron chi connectivity index (χ2n) is 3.47. The van der Waals surface area contributed by atoms with Gasteiger partial charge in [-0.25, -0.2) is 0 Å². The highest BCUT2D eigenvalue weighted by atomic mass is 79.9. The van der Waals surface area contributed by atoms with Gasteiger partial charge in [0.25, 0.3) is 0 Å². The number of carbonyl (C=O) groups excluding carboxylic acids is 1. The van der Waals surface area contributed by atoms with E-state index in [0.29, 0.717) is 17.9 Å². The Kier molecular flexibility index (Phi) is 5.42. The van der Waals surface area contributed by atoms with E-state index in [1.807, 2.05) is 13.0 Å². The van der Waals surface area contributed by atoms with Gasteiger partial charge in [0.15, 0.2) is 0 Å². The number of ether oxygens (including phenoxy) is 1. The highest BCUT2D eigenvalue weighted by Gasteiger charge is 2.14. The van der Waals surface area contributed by atoms with Crippen LogP contribution in [0.4, 0.5) is 5.69 Å². The number of nitrogens with one attached hydrogen (secondary N) is 1. The zero-order valence-electron chi connectivity index (χ0n) is 9.59. The zero-order chi connectivity index (χ0) is 13.0. The fourth-order valence-corrected chi connectivity index (χ4v) is 2.45. The molecule has 4 nitrogen and oxygen atoms in total. The molecule has 6 heteroatoms. The Morgan fingerprint density at radius 3 is 2.65 bits per heavy atom. The smallest absolute Gasteiger partial charge is 0.241 e. The average molecular weight is 366 g/mol. The number of amides is 1. The lowest BCUT2D eigenvalue weighted by atomic mass is 10.2. The standard InChI is InChI=1S/C11H14Br2N2O2/c1-3-8(14)11(16)15-9-5-10(17-2)7(13)4-6(9)12/h4-5,8H,3,14H2,1-2H3,(H,15,16). The molecular weight excluding hydrogens is 352 g/mol. The molecule has 0 aliphatic heterocycles. The average Bonchev–Trinajstić information content (AvgIpc) is 2.31. The molecular formula is C11H14Br2N2O2. The lowest BCUT2D eigenvalue weighted by Crippen LogP contribution is -2.34. The predicted molar refractivity (Wildman–Crippen MR) is 75.3 cm³/mol. The summed E-state index contributed by atoms with van der Waals surface area (Å²) in [5, 5.41) is 2.75. The Morgan fingerprint density at radius 1 is 1.47 bits per heavy atom. The third-order valence-corrected chi connectivity index (χ3v) is 3.55. The molecule has 0 heterocycles. The van der Waals surface area contributed by atoms with Crippen LogP contribution in [0.5, 0.6) is 5.75 Å². The first-order valence-electron chi connectivity index (χ1n) is 5.09. The Bertz CT molecular complexity index is 424. The normalized spacial score (nSPS) is 12.1. The van der Waals surface area contributed by atoms with Crippen molar-refractivity contribution < 1.29 is 9.53 Å². The summed E-state index contributed by atoms with van der Waals surface area (Å²) in [5.74, 6) is 0.436. The van der Waals surface area contributed by atoms with Crippen LogP contribution in [0.2, 0.25) is 0 Å². The maximum atomic E-state index is 11.7. The first-order valence-corrected chi connectivity index (χ1v) is 6.67. The van der Waals surface area contributed by atoms with Crippen LogP contribution in [0.1, 0.15) is 13.3 Å². The molecule has 0 saturated heterocycles. The third-order valence-electron chi connectivity index (χ3n) is 2.28. The van der Waals surface area contributed by atoms with Gasteiger partial charge in [-0.3, -0.25) is 4.79 Å². The minimum Gasteiger partial charge on any atom is -0.495 e. The summed E-state index contributed by atoms with van der Waals surface area (Å²) < 4.78 is 6.73. The summed E-state index contributed by atoms with van der Waals surface area (Å²) in [4.78, 5) is 11.7. The van der Waals surface area contributed by atoms with Crippen LogP contribution >= 0.6 is 31.9 Å². The van der Waals surface area contributed by atoms with E-state index in [4.69, 9.17) is 10.5 Å². The summed E-state index contributed by atoms with van der Waals surface area (Å²) in [6, 6.07) is 3.04. The number of anilines is 1. The molecule has 3 N–H and O–H groups in total. The summed E-state index contributed by atoms with van der Waals surface area (Å²) in [7, 11) is 1.57. The number of halogens is 2. The van der Waals surface area contributed by atoms with Gasteiger partial charge in [-0.2, -0.15) is 0 Å². The van der Waals surface area contributed by atoms with Crippen LogP contribution in [0.25, 0.3) is 0 Å². The summed E-state index contributed by atoms with van der Waals surface area (Å²) in [6.45, 7) is 1.86. The van der Waals surface area contributed by atoms with Crippen LogP contribution in [0, 0.1) is 0 Å². The van der Waals surface area contributed by atoms with E-state index in [0.717, 1.165) is 8.95 Å². The molecule has 0 saturated carbocycles. The van der Waals surface area contributed by atoms with Crippen molar-refractivity contribution in [3.63, 3.8) is 0 Å². The number of hydrogen-bond donors (Lipinski definition) is 2. The number of hydrogen-bond acceptors (Lipinski definition) is 3. The molecule has 1 aromatic rings. The Hall–Kier alpha value is -0.590. The number of benzene rings is 1. The minimum atomic E-state index is -0.503. The van der Waals surface area contributed by atoms with Crippen molar-refractivity contribution in [3.8, 4) is 5.75 Å². The van der Waals surface area contributed by atoms with Crippen LogP contribution in [-0.2, 0) is 4.79 Å². The van der Waals surface area contributed by atoms with Crippen LogP contribution in [0.3, 0.4) is 0 Å². The second-order valence-corrected chi connectivity index (χ2v) is 5.18. The first kappa shape index (κ1) is 14.5. The van der Waals surface area contributed by atoms with Gasteiger partial charge in [0.05, 0.1) is 23.3 Å². The fourth-order valence-electron chi connectivity index (χ4n) is 1.19. The highest BCUT2D eigenvalue weighted by Crippen LogP contribution is 2.34. The molecule has 0 aliphatic rings. The molecule has 1 unspecified atom stereocenters. The van der Waals surface area contributed by atoms with Crippen molar-refractivity contribution in [2.75, 3.05) is 12.4 Å². The second kappa shape index (κ2) is 6.37. The topological polar surface area (TPSA) is 64.4 Å². The maximum absolute atomic E-state index is 11.7. The van der Waals surface area contributed by atoms with Crippen LogP contribution in [-0.4, -0.2) is 19.1 Å². The quantitative estimate of drug-likeness (QED) is 0.862. The molecule has 1 rings (SSSR count). The summed E-state index contributed by atoms with van der Waals surface area (Å²) in [5.41, 5.74) is 6.28. The van der Waals surface area contributed by atoms with E-state index in [1.54, 1.807) is 13.2 Å². The van der Waals surface area contributed by atoms with Crippen LogP contribution in [0.15, 0.2) is 21.1 Å². The lowest BCUT2D eigenvalue weighted by molar-refractivity contribution is -0.117. The highest BCUT2D eigenvalue weighted by molar-refractivity contribution is 9.11. The van der Waals surface area contributed by atoms with Gasteiger partial charge in [0.2, 0.25) is 5.91 Å². The molecule has 0 fully saturated rings. The van der Waals surface area contributed by atoms with Gasteiger partial charge < -0.3 is 15.8 Å². The summed E-state index contributed by atoms with van der Waals surface area (Å²) >= 11 is 6.73. The molecule has 0 radical (unpaired) electrons. The van der Waals surface area contributed by atoms with Crippen molar-refractivity contribution >= 4 is 43.5 Å². The Balaban J connectivity index is 2.95. The number of rotatable bonds is 4. The van der Waals surface area contributed by atoms with E-state index in [2.05, 4.69) is 37.2 Å². The maximum Gasteiger partial charge on any atom is 0.241 e. The van der Waals surface area contributed by atoms with Gasteiger partial charge in [0.1, 0.15) is 5.75 Å². The van der Waals surface area contributed by atoms with E-state index in [-0.39, 0.29) is 5.91 Å². The zero-order valence-corrected chi connectivity index (χ0v) is 12.8. The molecule has 0 aromatic heterocycles. The van der Waals surface area contributed by atoms with E-state index in [9.17, 15) is 4.79 Å².